The Labute approximate surface area is 146 Å². The average molecular weight is 339 g/mol. The van der Waals surface area contributed by atoms with Crippen molar-refractivity contribution in [2.75, 3.05) is 0 Å². The maximum Gasteiger partial charge on any atom is 0.280 e. The van der Waals surface area contributed by atoms with E-state index in [4.69, 9.17) is 4.84 Å². The van der Waals surface area contributed by atoms with Crippen molar-refractivity contribution in [2.45, 2.75) is 27.4 Å². The molecule has 0 aromatic carbocycles. The van der Waals surface area contributed by atoms with Crippen molar-refractivity contribution in [2.24, 2.45) is 7.05 Å². The molecule has 25 heavy (non-hydrogen) atoms. The lowest BCUT2D eigenvalue weighted by molar-refractivity contribution is 0.0221. The van der Waals surface area contributed by atoms with Gasteiger partial charge in [0, 0.05) is 24.1 Å². The lowest BCUT2D eigenvalue weighted by Gasteiger charge is -2.12. The molecule has 0 fully saturated rings. The number of nitrogens with one attached hydrogen (secondary N) is 1. The number of nitrogens with zero attached hydrogens (tertiary/aromatic N) is 4. The molecule has 7 nitrogen and oxygen atoms in total. The molecule has 7 heteroatoms. The molecule has 0 unspecified atom stereocenters. The highest BCUT2D eigenvalue weighted by Crippen LogP contribution is 2.19. The first-order chi connectivity index (χ1) is 12.0. The van der Waals surface area contributed by atoms with Crippen LogP contribution in [0.5, 0.6) is 0 Å². The van der Waals surface area contributed by atoms with Gasteiger partial charge in [0.05, 0.1) is 11.9 Å². The monoisotopic (exact) mass is 339 g/mol. The van der Waals surface area contributed by atoms with Crippen LogP contribution in [0.4, 0.5) is 0 Å². The van der Waals surface area contributed by atoms with Crippen LogP contribution >= 0.6 is 0 Å². The van der Waals surface area contributed by atoms with Gasteiger partial charge in [0.1, 0.15) is 18.0 Å². The Bertz CT molecular complexity index is 891. The number of amides is 1. The van der Waals surface area contributed by atoms with Crippen molar-refractivity contribution in [3.05, 3.63) is 64.9 Å². The first-order valence-electron chi connectivity index (χ1n) is 7.99. The van der Waals surface area contributed by atoms with Gasteiger partial charge in [-0.1, -0.05) is 6.07 Å². The largest absolute Gasteiger partial charge is 0.303 e. The van der Waals surface area contributed by atoms with Gasteiger partial charge in [-0.05, 0) is 45.0 Å². The number of carbonyl (C=O) groups excluding carboxylic acids is 1. The number of aromatic nitrogens is 4. The van der Waals surface area contributed by atoms with E-state index in [1.807, 2.05) is 62.7 Å². The molecule has 3 rings (SSSR count). The summed E-state index contributed by atoms with van der Waals surface area (Å²) in [7, 11) is 1.81. The first kappa shape index (κ1) is 16.9. The van der Waals surface area contributed by atoms with Gasteiger partial charge in [-0.25, -0.2) is 5.48 Å². The molecule has 0 saturated carbocycles. The zero-order valence-corrected chi connectivity index (χ0v) is 14.8. The molecule has 3 heterocycles. The molecule has 3 aromatic heterocycles. The normalized spacial score (nSPS) is 10.9. The van der Waals surface area contributed by atoms with E-state index in [-0.39, 0.29) is 12.5 Å². The van der Waals surface area contributed by atoms with Gasteiger partial charge < -0.3 is 4.57 Å². The topological polar surface area (TPSA) is 74.0 Å². The maximum absolute atomic E-state index is 12.5. The number of hydrogen-bond acceptors (Lipinski definition) is 4. The average Bonchev–Trinajstić information content (AvgIpc) is 3.10. The molecule has 0 aliphatic rings. The van der Waals surface area contributed by atoms with E-state index in [0.717, 1.165) is 22.8 Å². The predicted molar refractivity (Wildman–Crippen MR) is 93.2 cm³/mol. The summed E-state index contributed by atoms with van der Waals surface area (Å²) in [5, 5.41) is 4.22. The third-order valence-electron chi connectivity index (χ3n) is 3.97. The van der Waals surface area contributed by atoms with Gasteiger partial charge in [-0.2, -0.15) is 5.10 Å². The molecule has 1 amide bonds. The molecule has 0 spiro atoms. The van der Waals surface area contributed by atoms with Crippen LogP contribution in [0.25, 0.3) is 5.82 Å². The van der Waals surface area contributed by atoms with Crippen LogP contribution in [0, 0.1) is 20.8 Å². The van der Waals surface area contributed by atoms with Crippen molar-refractivity contribution in [1.29, 1.82) is 0 Å². The van der Waals surface area contributed by atoms with Crippen LogP contribution in [0.2, 0.25) is 0 Å². The van der Waals surface area contributed by atoms with Gasteiger partial charge in [-0.3, -0.25) is 19.3 Å². The molecular formula is C18H21N5O2. The summed E-state index contributed by atoms with van der Waals surface area (Å²) < 4.78 is 3.67. The van der Waals surface area contributed by atoms with Crippen LogP contribution in [-0.2, 0) is 18.5 Å². The zero-order valence-electron chi connectivity index (χ0n) is 14.8. The summed E-state index contributed by atoms with van der Waals surface area (Å²) in [6, 6.07) is 9.67. The lowest BCUT2D eigenvalue weighted by Crippen LogP contribution is -2.25. The van der Waals surface area contributed by atoms with Crippen LogP contribution < -0.4 is 5.48 Å². The third-order valence-corrected chi connectivity index (χ3v) is 3.97. The SMILES string of the molecule is Cc1cccc(CONC(=O)c2cnn(C)c2-n2c(C)ccc2C)n1. The Balaban J connectivity index is 1.75. The Morgan fingerprint density at radius 1 is 1.16 bits per heavy atom. The second kappa shape index (κ2) is 6.90. The Kier molecular flexibility index (Phi) is 4.67. The predicted octanol–water partition coefficient (Wildman–Crippen LogP) is 2.39. The molecule has 0 radical (unpaired) electrons. The number of pyridine rings is 1. The number of aryl methyl sites for hydroxylation is 4. The lowest BCUT2D eigenvalue weighted by atomic mass is 10.3. The molecule has 130 valence electrons. The van der Waals surface area contributed by atoms with Gasteiger partial charge in [-0.15, -0.1) is 0 Å². The van der Waals surface area contributed by atoms with Crippen molar-refractivity contribution >= 4 is 5.91 Å². The molecule has 0 bridgehead atoms. The zero-order chi connectivity index (χ0) is 18.0. The van der Waals surface area contributed by atoms with E-state index in [0.29, 0.717) is 11.4 Å². The minimum Gasteiger partial charge on any atom is -0.303 e. The Morgan fingerprint density at radius 3 is 2.56 bits per heavy atom. The molecule has 3 aromatic rings. The Hall–Kier alpha value is -2.93. The fourth-order valence-corrected chi connectivity index (χ4v) is 2.77. The van der Waals surface area contributed by atoms with Gasteiger partial charge >= 0.3 is 0 Å². The molecule has 0 atom stereocenters. The van der Waals surface area contributed by atoms with Gasteiger partial charge in [0.2, 0.25) is 0 Å². The van der Waals surface area contributed by atoms with Gasteiger partial charge in [0.25, 0.3) is 5.91 Å². The maximum atomic E-state index is 12.5. The smallest absolute Gasteiger partial charge is 0.280 e. The van der Waals surface area contributed by atoms with Gasteiger partial charge in [0.15, 0.2) is 0 Å². The highest BCUT2D eigenvalue weighted by atomic mass is 16.6. The minimum absolute atomic E-state index is 0.199. The van der Waals surface area contributed by atoms with Crippen molar-refractivity contribution in [1.82, 2.24) is 24.8 Å². The third kappa shape index (κ3) is 3.46. The number of carbonyl (C=O) groups is 1. The van der Waals surface area contributed by atoms with E-state index in [1.54, 1.807) is 4.68 Å². The standard InChI is InChI=1S/C18H21N5O2/c1-12-6-5-7-15(20-12)11-25-21-17(24)16-10-19-22(4)18(16)23-13(2)8-9-14(23)3/h5-10H,11H2,1-4H3,(H,21,24). The summed E-state index contributed by atoms with van der Waals surface area (Å²) in [4.78, 5) is 22.2. The van der Waals surface area contributed by atoms with Crippen LogP contribution in [0.1, 0.15) is 33.1 Å². The van der Waals surface area contributed by atoms with Crippen LogP contribution in [-0.4, -0.2) is 25.2 Å². The van der Waals surface area contributed by atoms with Crippen LogP contribution in [0.15, 0.2) is 36.5 Å². The molecule has 1 N–H and O–H groups in total. The Morgan fingerprint density at radius 2 is 1.88 bits per heavy atom. The van der Waals surface area contributed by atoms with Crippen molar-refractivity contribution < 1.29 is 9.63 Å². The summed E-state index contributed by atoms with van der Waals surface area (Å²) in [5.74, 6) is 0.359. The molecule has 0 aliphatic heterocycles. The second-order valence-corrected chi connectivity index (χ2v) is 5.95. The fraction of sp³-hybridized carbons (Fsp3) is 0.278. The highest BCUT2D eigenvalue weighted by molar-refractivity contribution is 5.96. The van der Waals surface area contributed by atoms with E-state index in [9.17, 15) is 4.79 Å². The first-order valence-corrected chi connectivity index (χ1v) is 7.99. The van der Waals surface area contributed by atoms with E-state index in [2.05, 4.69) is 15.6 Å². The van der Waals surface area contributed by atoms with Crippen molar-refractivity contribution in [3.63, 3.8) is 0 Å². The highest BCUT2D eigenvalue weighted by Gasteiger charge is 2.20. The van der Waals surface area contributed by atoms with E-state index in [1.165, 1.54) is 6.20 Å². The van der Waals surface area contributed by atoms with E-state index < -0.39 is 0 Å². The molecular weight excluding hydrogens is 318 g/mol. The van der Waals surface area contributed by atoms with Crippen molar-refractivity contribution in [3.8, 4) is 5.82 Å². The van der Waals surface area contributed by atoms with E-state index >= 15 is 0 Å². The number of rotatable bonds is 5. The molecule has 0 aliphatic carbocycles. The summed E-state index contributed by atoms with van der Waals surface area (Å²) in [6.07, 6.45) is 1.54. The number of hydroxylamine groups is 1. The summed E-state index contributed by atoms with van der Waals surface area (Å²) in [5.41, 5.74) is 6.63. The fourth-order valence-electron chi connectivity index (χ4n) is 2.77. The second-order valence-electron chi connectivity index (χ2n) is 5.95. The van der Waals surface area contributed by atoms with Crippen LogP contribution in [0.3, 0.4) is 0 Å². The summed E-state index contributed by atoms with van der Waals surface area (Å²) in [6.45, 7) is 6.08. The quantitative estimate of drug-likeness (QED) is 0.724. The summed E-state index contributed by atoms with van der Waals surface area (Å²) >= 11 is 0. The minimum atomic E-state index is -0.344. The molecule has 0 saturated heterocycles. The number of hydrogen-bond donors (Lipinski definition) is 1.